The number of nitrogens with one attached hydrogen (secondary N) is 2. The molecule has 2 aliphatic rings. The van der Waals surface area contributed by atoms with Crippen molar-refractivity contribution < 1.29 is 9.53 Å². The van der Waals surface area contributed by atoms with Crippen LogP contribution in [-0.4, -0.2) is 54.8 Å². The Labute approximate surface area is 169 Å². The molecule has 1 amide bonds. The van der Waals surface area contributed by atoms with Crippen LogP contribution >= 0.6 is 24.0 Å². The van der Waals surface area contributed by atoms with E-state index in [-0.39, 0.29) is 36.1 Å². The number of aliphatic imine (C=N–C) groups is 1. The van der Waals surface area contributed by atoms with Crippen molar-refractivity contribution in [3.63, 3.8) is 0 Å². The first-order chi connectivity index (χ1) is 11.4. The SMILES string of the molecule is CCNC(=NCCC1CC1)NC1CCCN(C(=O)OC(C)(C)C)C1.I. The number of piperidine rings is 1. The molecule has 1 unspecified atom stereocenters. The van der Waals surface area contributed by atoms with E-state index in [0.717, 1.165) is 44.4 Å². The van der Waals surface area contributed by atoms with Crippen LogP contribution in [0.4, 0.5) is 4.79 Å². The second kappa shape index (κ2) is 10.4. The van der Waals surface area contributed by atoms with E-state index >= 15 is 0 Å². The van der Waals surface area contributed by atoms with Crippen LogP contribution in [0.5, 0.6) is 0 Å². The van der Waals surface area contributed by atoms with Crippen LogP contribution < -0.4 is 10.6 Å². The summed E-state index contributed by atoms with van der Waals surface area (Å²) in [5, 5.41) is 6.80. The van der Waals surface area contributed by atoms with Crippen molar-refractivity contribution in [2.24, 2.45) is 10.9 Å². The van der Waals surface area contributed by atoms with Crippen molar-refractivity contribution in [2.75, 3.05) is 26.2 Å². The molecule has 0 aromatic carbocycles. The monoisotopic (exact) mass is 466 g/mol. The van der Waals surface area contributed by atoms with E-state index in [2.05, 4.69) is 22.5 Å². The lowest BCUT2D eigenvalue weighted by Crippen LogP contribution is -2.53. The molecule has 0 bridgehead atoms. The molecule has 6 nitrogen and oxygen atoms in total. The third kappa shape index (κ3) is 8.96. The Morgan fingerprint density at radius 3 is 2.60 bits per heavy atom. The van der Waals surface area contributed by atoms with Gasteiger partial charge in [-0.1, -0.05) is 12.8 Å². The molecule has 0 aromatic rings. The first-order valence-electron chi connectivity index (χ1n) is 9.40. The number of rotatable bonds is 5. The van der Waals surface area contributed by atoms with Gasteiger partial charge in [-0.15, -0.1) is 24.0 Å². The van der Waals surface area contributed by atoms with Crippen LogP contribution in [-0.2, 0) is 4.74 Å². The average Bonchev–Trinajstić information content (AvgIpc) is 3.30. The van der Waals surface area contributed by atoms with E-state index in [4.69, 9.17) is 4.74 Å². The van der Waals surface area contributed by atoms with Crippen LogP contribution in [0.25, 0.3) is 0 Å². The summed E-state index contributed by atoms with van der Waals surface area (Å²) in [5.74, 6) is 1.77. The van der Waals surface area contributed by atoms with E-state index in [0.29, 0.717) is 6.54 Å². The first-order valence-corrected chi connectivity index (χ1v) is 9.40. The van der Waals surface area contributed by atoms with Gasteiger partial charge in [-0.05, 0) is 52.9 Å². The molecule has 25 heavy (non-hydrogen) atoms. The summed E-state index contributed by atoms with van der Waals surface area (Å²) in [7, 11) is 0. The highest BCUT2D eigenvalue weighted by Crippen LogP contribution is 2.32. The molecule has 1 aliphatic heterocycles. The van der Waals surface area contributed by atoms with Crippen molar-refractivity contribution >= 4 is 36.0 Å². The van der Waals surface area contributed by atoms with E-state index in [1.165, 1.54) is 19.3 Å². The Hall–Kier alpha value is -0.730. The first kappa shape index (κ1) is 22.3. The van der Waals surface area contributed by atoms with Gasteiger partial charge in [0.05, 0.1) is 0 Å². The fraction of sp³-hybridized carbons (Fsp3) is 0.889. The van der Waals surface area contributed by atoms with E-state index in [1.807, 2.05) is 20.8 Å². The zero-order chi connectivity index (χ0) is 17.6. The fourth-order valence-corrected chi connectivity index (χ4v) is 2.87. The summed E-state index contributed by atoms with van der Waals surface area (Å²) in [5.41, 5.74) is -0.448. The molecule has 146 valence electrons. The van der Waals surface area contributed by atoms with Gasteiger partial charge in [0.1, 0.15) is 5.60 Å². The number of amides is 1. The van der Waals surface area contributed by atoms with Gasteiger partial charge in [0, 0.05) is 32.2 Å². The largest absolute Gasteiger partial charge is 0.444 e. The second-order valence-corrected chi connectivity index (χ2v) is 7.90. The van der Waals surface area contributed by atoms with Crippen molar-refractivity contribution in [3.05, 3.63) is 0 Å². The Morgan fingerprint density at radius 2 is 2.00 bits per heavy atom. The summed E-state index contributed by atoms with van der Waals surface area (Å²) < 4.78 is 5.49. The van der Waals surface area contributed by atoms with Crippen LogP contribution in [0, 0.1) is 5.92 Å². The summed E-state index contributed by atoms with van der Waals surface area (Å²) in [6, 6.07) is 0.227. The van der Waals surface area contributed by atoms with Crippen molar-refractivity contribution in [3.8, 4) is 0 Å². The van der Waals surface area contributed by atoms with Gasteiger partial charge < -0.3 is 20.3 Å². The molecule has 2 N–H and O–H groups in total. The van der Waals surface area contributed by atoms with Gasteiger partial charge in [0.25, 0.3) is 0 Å². The van der Waals surface area contributed by atoms with Gasteiger partial charge in [-0.3, -0.25) is 4.99 Å². The predicted octanol–water partition coefficient (Wildman–Crippen LogP) is 3.36. The van der Waals surface area contributed by atoms with Gasteiger partial charge in [0.2, 0.25) is 0 Å². The minimum atomic E-state index is -0.448. The maximum atomic E-state index is 12.3. The average molecular weight is 466 g/mol. The normalized spacial score (nSPS) is 21.4. The highest BCUT2D eigenvalue weighted by molar-refractivity contribution is 14.0. The lowest BCUT2D eigenvalue weighted by Gasteiger charge is -2.35. The molecule has 1 atom stereocenters. The number of carbonyl (C=O) groups is 1. The van der Waals surface area contributed by atoms with E-state index in [9.17, 15) is 4.79 Å². The van der Waals surface area contributed by atoms with Crippen LogP contribution in [0.2, 0.25) is 0 Å². The molecule has 2 rings (SSSR count). The van der Waals surface area contributed by atoms with E-state index < -0.39 is 5.60 Å². The van der Waals surface area contributed by atoms with Crippen LogP contribution in [0.1, 0.15) is 59.8 Å². The highest BCUT2D eigenvalue weighted by atomic mass is 127. The molecule has 1 saturated carbocycles. The van der Waals surface area contributed by atoms with Crippen molar-refractivity contribution in [1.82, 2.24) is 15.5 Å². The smallest absolute Gasteiger partial charge is 0.410 e. The minimum Gasteiger partial charge on any atom is -0.444 e. The predicted molar refractivity (Wildman–Crippen MR) is 113 cm³/mol. The Balaban J connectivity index is 0.00000312. The van der Waals surface area contributed by atoms with Gasteiger partial charge in [-0.25, -0.2) is 4.79 Å². The molecular formula is C18H35IN4O2. The summed E-state index contributed by atoms with van der Waals surface area (Å²) in [4.78, 5) is 18.7. The van der Waals surface area contributed by atoms with E-state index in [1.54, 1.807) is 4.90 Å². The Kier molecular flexibility index (Phi) is 9.30. The Morgan fingerprint density at radius 1 is 1.28 bits per heavy atom. The zero-order valence-corrected chi connectivity index (χ0v) is 18.5. The fourth-order valence-electron chi connectivity index (χ4n) is 2.87. The number of guanidine groups is 1. The molecule has 1 saturated heterocycles. The number of ether oxygens (including phenoxy) is 1. The lowest BCUT2D eigenvalue weighted by atomic mass is 10.1. The summed E-state index contributed by atoms with van der Waals surface area (Å²) in [6.07, 6.45) is 5.74. The van der Waals surface area contributed by atoms with Gasteiger partial charge >= 0.3 is 6.09 Å². The number of nitrogens with zero attached hydrogens (tertiary/aromatic N) is 2. The second-order valence-electron chi connectivity index (χ2n) is 7.90. The maximum Gasteiger partial charge on any atom is 0.410 e. The standard InChI is InChI=1S/C18H34N4O2.HI/c1-5-19-16(20-11-10-14-8-9-14)21-15-7-6-12-22(13-15)17(23)24-18(2,3)4;/h14-15H,5-13H2,1-4H3,(H2,19,20,21);1H. The molecule has 0 aromatic heterocycles. The molecule has 0 spiro atoms. The number of hydrogen-bond acceptors (Lipinski definition) is 3. The third-order valence-electron chi connectivity index (χ3n) is 4.26. The van der Waals surface area contributed by atoms with Crippen LogP contribution in [0.15, 0.2) is 4.99 Å². The number of halogens is 1. The highest BCUT2D eigenvalue weighted by Gasteiger charge is 2.28. The zero-order valence-electron chi connectivity index (χ0n) is 16.1. The maximum absolute atomic E-state index is 12.3. The molecule has 2 fully saturated rings. The number of carbonyl (C=O) groups excluding carboxylic acids is 1. The minimum absolute atomic E-state index is 0. The number of hydrogen-bond donors (Lipinski definition) is 2. The third-order valence-corrected chi connectivity index (χ3v) is 4.26. The quantitative estimate of drug-likeness (QED) is 0.371. The molecular weight excluding hydrogens is 431 g/mol. The van der Waals surface area contributed by atoms with Gasteiger partial charge in [0.15, 0.2) is 5.96 Å². The van der Waals surface area contributed by atoms with Crippen LogP contribution in [0.3, 0.4) is 0 Å². The summed E-state index contributed by atoms with van der Waals surface area (Å²) in [6.45, 7) is 10.9. The van der Waals surface area contributed by atoms with Crippen molar-refractivity contribution in [2.45, 2.75) is 71.4 Å². The number of likely N-dealkylation sites (tertiary alicyclic amines) is 1. The summed E-state index contributed by atoms with van der Waals surface area (Å²) >= 11 is 0. The topological polar surface area (TPSA) is 66.0 Å². The Bertz CT molecular complexity index is 447. The molecule has 0 radical (unpaired) electrons. The molecule has 1 heterocycles. The van der Waals surface area contributed by atoms with Crippen molar-refractivity contribution in [1.29, 1.82) is 0 Å². The lowest BCUT2D eigenvalue weighted by molar-refractivity contribution is 0.0193. The van der Waals surface area contributed by atoms with Gasteiger partial charge in [-0.2, -0.15) is 0 Å². The molecule has 7 heteroatoms. The molecule has 1 aliphatic carbocycles.